The maximum atomic E-state index is 12.5. The second-order valence-electron chi connectivity index (χ2n) is 7.40. The first-order valence-electron chi connectivity index (χ1n) is 9.91. The first-order valence-corrected chi connectivity index (χ1v) is 9.91. The van der Waals surface area contributed by atoms with Crippen LogP contribution >= 0.6 is 0 Å². The van der Waals surface area contributed by atoms with Crippen molar-refractivity contribution in [1.82, 2.24) is 33.6 Å². The van der Waals surface area contributed by atoms with E-state index < -0.39 is 0 Å². The van der Waals surface area contributed by atoms with Crippen LogP contribution in [0.3, 0.4) is 0 Å². The lowest BCUT2D eigenvalue weighted by atomic mass is 10.3. The first-order chi connectivity index (χ1) is 14.1. The van der Waals surface area contributed by atoms with Crippen LogP contribution in [0.1, 0.15) is 12.8 Å². The van der Waals surface area contributed by atoms with Crippen LogP contribution in [-0.2, 0) is 20.6 Å². The van der Waals surface area contributed by atoms with Gasteiger partial charge < -0.3 is 14.4 Å². The van der Waals surface area contributed by atoms with Gasteiger partial charge in [0.1, 0.15) is 0 Å². The minimum absolute atomic E-state index is 0.297. The van der Waals surface area contributed by atoms with Crippen molar-refractivity contribution in [2.24, 2.45) is 14.1 Å². The van der Waals surface area contributed by atoms with Crippen molar-refractivity contribution in [2.45, 2.75) is 19.4 Å². The molecule has 29 heavy (non-hydrogen) atoms. The minimum atomic E-state index is -0.357. The Morgan fingerprint density at radius 3 is 2.52 bits per heavy atom. The summed E-state index contributed by atoms with van der Waals surface area (Å²) in [5, 5.41) is 0. The molecule has 1 saturated heterocycles. The summed E-state index contributed by atoms with van der Waals surface area (Å²) in [6.07, 6.45) is 7.18. The molecule has 1 aliphatic heterocycles. The van der Waals surface area contributed by atoms with Gasteiger partial charge in [-0.15, -0.1) is 0 Å². The van der Waals surface area contributed by atoms with E-state index in [1.165, 1.54) is 11.6 Å². The van der Waals surface area contributed by atoms with Crippen LogP contribution in [0.4, 0.5) is 5.95 Å². The SMILES string of the molecule is Cn1c(=O)c2c(ncn2CCCN2CCCN(c3ncccn3)CC2)n(C)c1=O. The zero-order valence-corrected chi connectivity index (χ0v) is 16.9. The zero-order chi connectivity index (χ0) is 20.4. The highest BCUT2D eigenvalue weighted by molar-refractivity contribution is 5.69. The molecule has 3 aromatic heterocycles. The monoisotopic (exact) mass is 398 g/mol. The van der Waals surface area contributed by atoms with E-state index in [1.807, 2.05) is 10.6 Å². The van der Waals surface area contributed by atoms with Gasteiger partial charge in [-0.3, -0.25) is 13.9 Å². The van der Waals surface area contributed by atoms with Gasteiger partial charge in [0.05, 0.1) is 6.33 Å². The van der Waals surface area contributed by atoms with Crippen molar-refractivity contribution in [3.8, 4) is 0 Å². The van der Waals surface area contributed by atoms with Crippen molar-refractivity contribution in [2.75, 3.05) is 37.6 Å². The Morgan fingerprint density at radius 2 is 1.72 bits per heavy atom. The van der Waals surface area contributed by atoms with Gasteiger partial charge >= 0.3 is 5.69 Å². The molecule has 10 nitrogen and oxygen atoms in total. The van der Waals surface area contributed by atoms with E-state index in [9.17, 15) is 9.59 Å². The van der Waals surface area contributed by atoms with Gasteiger partial charge in [-0.25, -0.2) is 19.7 Å². The topological polar surface area (TPSA) is 94.1 Å². The maximum Gasteiger partial charge on any atom is 0.332 e. The molecule has 0 bridgehead atoms. The van der Waals surface area contributed by atoms with Crippen LogP contribution in [0.5, 0.6) is 0 Å². The molecule has 0 saturated carbocycles. The standard InChI is InChI=1S/C19H26N8O2/c1-23-16-15(17(28)24(2)19(23)29)27(14-22-16)11-5-9-25-8-4-10-26(13-12-25)18-20-6-3-7-21-18/h3,6-7,14H,4-5,8-13H2,1-2H3. The van der Waals surface area contributed by atoms with E-state index in [2.05, 4.69) is 24.8 Å². The predicted octanol–water partition coefficient (Wildman–Crippen LogP) is -0.174. The smallest absolute Gasteiger partial charge is 0.332 e. The summed E-state index contributed by atoms with van der Waals surface area (Å²) in [6, 6.07) is 1.83. The van der Waals surface area contributed by atoms with Gasteiger partial charge in [-0.05, 0) is 32.0 Å². The molecule has 4 heterocycles. The second-order valence-corrected chi connectivity index (χ2v) is 7.40. The Bertz CT molecular complexity index is 1100. The number of hydrogen-bond donors (Lipinski definition) is 0. The molecule has 4 rings (SSSR count). The molecule has 1 aliphatic rings. The number of nitrogens with zero attached hydrogens (tertiary/aromatic N) is 8. The molecule has 0 unspecified atom stereocenters. The number of aromatic nitrogens is 6. The number of hydrogen-bond acceptors (Lipinski definition) is 7. The molecular weight excluding hydrogens is 372 g/mol. The van der Waals surface area contributed by atoms with Crippen LogP contribution in [0, 0.1) is 0 Å². The highest BCUT2D eigenvalue weighted by atomic mass is 16.2. The highest BCUT2D eigenvalue weighted by Gasteiger charge is 2.17. The fourth-order valence-electron chi connectivity index (χ4n) is 3.88. The Balaban J connectivity index is 1.39. The molecule has 0 aliphatic carbocycles. The van der Waals surface area contributed by atoms with E-state index in [0.717, 1.165) is 56.1 Å². The Morgan fingerprint density at radius 1 is 0.931 bits per heavy atom. The van der Waals surface area contributed by atoms with E-state index in [-0.39, 0.29) is 11.2 Å². The third-order valence-corrected chi connectivity index (χ3v) is 5.51. The lowest BCUT2D eigenvalue weighted by Gasteiger charge is -2.21. The van der Waals surface area contributed by atoms with Gasteiger partial charge in [-0.1, -0.05) is 0 Å². The largest absolute Gasteiger partial charge is 0.339 e. The summed E-state index contributed by atoms with van der Waals surface area (Å²) in [5.74, 6) is 0.792. The number of anilines is 1. The van der Waals surface area contributed by atoms with Gasteiger partial charge in [0.2, 0.25) is 5.95 Å². The van der Waals surface area contributed by atoms with Gasteiger partial charge in [0.15, 0.2) is 11.2 Å². The van der Waals surface area contributed by atoms with Crippen molar-refractivity contribution in [1.29, 1.82) is 0 Å². The number of fused-ring (bicyclic) bond motifs is 1. The van der Waals surface area contributed by atoms with E-state index in [4.69, 9.17) is 0 Å². The highest BCUT2D eigenvalue weighted by Crippen LogP contribution is 2.11. The second kappa shape index (κ2) is 8.16. The van der Waals surface area contributed by atoms with Gasteiger partial charge in [-0.2, -0.15) is 0 Å². The Kier molecular flexibility index (Phi) is 5.43. The third kappa shape index (κ3) is 3.80. The molecule has 0 aromatic carbocycles. The van der Waals surface area contributed by atoms with Crippen LogP contribution < -0.4 is 16.1 Å². The average molecular weight is 398 g/mol. The quantitative estimate of drug-likeness (QED) is 0.589. The summed E-state index contributed by atoms with van der Waals surface area (Å²) in [7, 11) is 3.14. The van der Waals surface area contributed by atoms with Crippen molar-refractivity contribution in [3.05, 3.63) is 45.6 Å². The zero-order valence-electron chi connectivity index (χ0n) is 16.9. The van der Waals surface area contributed by atoms with Crippen molar-refractivity contribution >= 4 is 17.1 Å². The molecular formula is C19H26N8O2. The molecule has 0 atom stereocenters. The van der Waals surface area contributed by atoms with E-state index in [1.54, 1.807) is 25.8 Å². The Hall–Kier alpha value is -3.01. The number of aryl methyl sites for hydroxylation is 2. The first kappa shape index (κ1) is 19.3. The summed E-state index contributed by atoms with van der Waals surface area (Å²) in [5.41, 5.74) is 0.266. The summed E-state index contributed by atoms with van der Waals surface area (Å²) in [4.78, 5) is 42.2. The van der Waals surface area contributed by atoms with Crippen LogP contribution in [0.2, 0.25) is 0 Å². The lowest BCUT2D eigenvalue weighted by Crippen LogP contribution is -2.37. The number of rotatable bonds is 5. The number of imidazole rings is 1. The molecule has 10 heteroatoms. The Labute approximate surface area is 168 Å². The van der Waals surface area contributed by atoms with Gasteiger partial charge in [0.25, 0.3) is 5.56 Å². The predicted molar refractivity (Wildman–Crippen MR) is 110 cm³/mol. The molecule has 0 amide bonds. The third-order valence-electron chi connectivity index (χ3n) is 5.51. The van der Waals surface area contributed by atoms with Crippen LogP contribution in [0.25, 0.3) is 11.2 Å². The van der Waals surface area contributed by atoms with Crippen LogP contribution in [0.15, 0.2) is 34.4 Å². The molecule has 3 aromatic rings. The van der Waals surface area contributed by atoms with E-state index in [0.29, 0.717) is 17.7 Å². The maximum absolute atomic E-state index is 12.5. The summed E-state index contributed by atoms with van der Waals surface area (Å²) < 4.78 is 4.41. The lowest BCUT2D eigenvalue weighted by molar-refractivity contribution is 0.284. The fraction of sp³-hybridized carbons (Fsp3) is 0.526. The van der Waals surface area contributed by atoms with E-state index >= 15 is 0 Å². The average Bonchev–Trinajstić information content (AvgIpc) is 3.02. The summed E-state index contributed by atoms with van der Waals surface area (Å²) in [6.45, 7) is 5.47. The molecule has 154 valence electrons. The molecule has 0 spiro atoms. The van der Waals surface area contributed by atoms with Crippen molar-refractivity contribution in [3.63, 3.8) is 0 Å². The minimum Gasteiger partial charge on any atom is -0.339 e. The molecule has 0 radical (unpaired) electrons. The van der Waals surface area contributed by atoms with Crippen molar-refractivity contribution < 1.29 is 0 Å². The summed E-state index contributed by atoms with van der Waals surface area (Å²) >= 11 is 0. The molecule has 0 N–H and O–H groups in total. The fourth-order valence-corrected chi connectivity index (χ4v) is 3.88. The van der Waals surface area contributed by atoms with Gasteiger partial charge in [0, 0.05) is 52.7 Å². The molecule has 1 fully saturated rings. The van der Waals surface area contributed by atoms with Crippen LogP contribution in [-0.4, -0.2) is 66.3 Å². The normalized spacial score (nSPS) is 15.7.